The van der Waals surface area contributed by atoms with E-state index in [-0.39, 0.29) is 11.7 Å². The van der Waals surface area contributed by atoms with E-state index < -0.39 is 0 Å². The molecule has 0 aliphatic heterocycles. The highest BCUT2D eigenvalue weighted by molar-refractivity contribution is 9.10. The third-order valence-electron chi connectivity index (χ3n) is 2.62. The molecule has 2 heteroatoms. The molecule has 0 heterocycles. The Morgan fingerprint density at radius 1 is 1.47 bits per heavy atom. The highest BCUT2D eigenvalue weighted by Crippen LogP contribution is 2.20. The molecule has 1 nitrogen and oxygen atoms in total. The highest BCUT2D eigenvalue weighted by Gasteiger charge is 2.15. The summed E-state index contributed by atoms with van der Waals surface area (Å²) in [5, 5.41) is 0. The first-order chi connectivity index (χ1) is 7.06. The van der Waals surface area contributed by atoms with Gasteiger partial charge in [-0.3, -0.25) is 4.79 Å². The summed E-state index contributed by atoms with van der Waals surface area (Å²) in [7, 11) is 0. The van der Waals surface area contributed by atoms with E-state index in [9.17, 15) is 4.79 Å². The molecule has 0 N–H and O–H groups in total. The van der Waals surface area contributed by atoms with Crippen LogP contribution in [0.3, 0.4) is 0 Å². The van der Waals surface area contributed by atoms with Crippen molar-refractivity contribution in [1.29, 1.82) is 0 Å². The number of halogens is 1. The number of rotatable bonds is 4. The SMILES string of the molecule is CCCC(C)C(=O)c1ccc(Br)cc1C. The molecule has 0 saturated carbocycles. The summed E-state index contributed by atoms with van der Waals surface area (Å²) in [6.45, 7) is 6.10. The second-order valence-corrected chi connectivity index (χ2v) is 4.93. The predicted molar refractivity (Wildman–Crippen MR) is 67.3 cm³/mol. The average Bonchev–Trinajstić information content (AvgIpc) is 2.17. The molecular formula is C13H17BrO. The van der Waals surface area contributed by atoms with Crippen molar-refractivity contribution in [3.8, 4) is 0 Å². The maximum absolute atomic E-state index is 12.1. The molecule has 0 fully saturated rings. The highest BCUT2D eigenvalue weighted by atomic mass is 79.9. The Kier molecular flexibility index (Phi) is 4.52. The van der Waals surface area contributed by atoms with Gasteiger partial charge < -0.3 is 0 Å². The smallest absolute Gasteiger partial charge is 0.165 e. The van der Waals surface area contributed by atoms with Crippen molar-refractivity contribution in [2.45, 2.75) is 33.6 Å². The van der Waals surface area contributed by atoms with E-state index in [1.165, 1.54) is 0 Å². The molecule has 1 aromatic rings. The number of benzene rings is 1. The zero-order chi connectivity index (χ0) is 11.4. The number of hydrogen-bond acceptors (Lipinski definition) is 1. The Hall–Kier alpha value is -0.630. The lowest BCUT2D eigenvalue weighted by molar-refractivity contribution is 0.0923. The van der Waals surface area contributed by atoms with Crippen molar-refractivity contribution in [2.24, 2.45) is 5.92 Å². The molecule has 15 heavy (non-hydrogen) atoms. The summed E-state index contributed by atoms with van der Waals surface area (Å²) < 4.78 is 1.03. The van der Waals surface area contributed by atoms with Crippen molar-refractivity contribution in [3.63, 3.8) is 0 Å². The zero-order valence-corrected chi connectivity index (χ0v) is 11.1. The molecule has 0 radical (unpaired) electrons. The molecule has 1 atom stereocenters. The standard InChI is InChI=1S/C13H17BrO/c1-4-5-9(2)13(15)12-7-6-11(14)8-10(12)3/h6-9H,4-5H2,1-3H3. The van der Waals surface area contributed by atoms with Crippen LogP contribution in [0.2, 0.25) is 0 Å². The van der Waals surface area contributed by atoms with Gasteiger partial charge in [-0.15, -0.1) is 0 Å². The maximum atomic E-state index is 12.1. The van der Waals surface area contributed by atoms with Crippen LogP contribution in [0.25, 0.3) is 0 Å². The predicted octanol–water partition coefficient (Wildman–Crippen LogP) is 4.38. The van der Waals surface area contributed by atoms with Gasteiger partial charge in [-0.05, 0) is 31.0 Å². The second-order valence-electron chi connectivity index (χ2n) is 4.01. The molecule has 0 aliphatic carbocycles. The van der Waals surface area contributed by atoms with Crippen LogP contribution in [0.4, 0.5) is 0 Å². The molecule has 0 saturated heterocycles. The van der Waals surface area contributed by atoms with Gasteiger partial charge in [0.25, 0.3) is 0 Å². The van der Waals surface area contributed by atoms with E-state index in [2.05, 4.69) is 22.9 Å². The summed E-state index contributed by atoms with van der Waals surface area (Å²) in [5.41, 5.74) is 1.91. The summed E-state index contributed by atoms with van der Waals surface area (Å²) in [6.07, 6.45) is 2.02. The number of aryl methyl sites for hydroxylation is 1. The molecule has 82 valence electrons. The molecule has 0 spiro atoms. The minimum absolute atomic E-state index is 0.134. The van der Waals surface area contributed by atoms with Gasteiger partial charge in [-0.25, -0.2) is 0 Å². The number of hydrogen-bond donors (Lipinski definition) is 0. The quantitative estimate of drug-likeness (QED) is 0.741. The van der Waals surface area contributed by atoms with Crippen LogP contribution in [0.15, 0.2) is 22.7 Å². The van der Waals surface area contributed by atoms with Crippen molar-refractivity contribution < 1.29 is 4.79 Å². The van der Waals surface area contributed by atoms with Crippen molar-refractivity contribution in [1.82, 2.24) is 0 Å². The molecule has 0 bridgehead atoms. The van der Waals surface area contributed by atoms with E-state index in [1.807, 2.05) is 32.0 Å². The van der Waals surface area contributed by atoms with Crippen LogP contribution in [-0.4, -0.2) is 5.78 Å². The van der Waals surface area contributed by atoms with Crippen LogP contribution in [0.1, 0.15) is 42.6 Å². The first-order valence-electron chi connectivity index (χ1n) is 5.36. The normalized spacial score (nSPS) is 12.5. The van der Waals surface area contributed by atoms with Gasteiger partial charge in [0.05, 0.1) is 0 Å². The molecule has 0 aliphatic rings. The van der Waals surface area contributed by atoms with Crippen LogP contribution in [-0.2, 0) is 0 Å². The molecule has 1 unspecified atom stereocenters. The van der Waals surface area contributed by atoms with E-state index >= 15 is 0 Å². The summed E-state index contributed by atoms with van der Waals surface area (Å²) in [5.74, 6) is 0.400. The lowest BCUT2D eigenvalue weighted by atomic mass is 9.93. The Bertz CT molecular complexity index is 358. The van der Waals surface area contributed by atoms with Crippen LogP contribution < -0.4 is 0 Å². The minimum atomic E-state index is 0.134. The molecule has 0 amide bonds. The first-order valence-corrected chi connectivity index (χ1v) is 6.16. The second kappa shape index (κ2) is 5.45. The van der Waals surface area contributed by atoms with Crippen LogP contribution >= 0.6 is 15.9 Å². The van der Waals surface area contributed by atoms with Crippen molar-refractivity contribution in [3.05, 3.63) is 33.8 Å². The molecule has 1 rings (SSSR count). The summed E-state index contributed by atoms with van der Waals surface area (Å²) >= 11 is 3.40. The van der Waals surface area contributed by atoms with Gasteiger partial charge in [0.15, 0.2) is 5.78 Å². The maximum Gasteiger partial charge on any atom is 0.165 e. The van der Waals surface area contributed by atoms with Crippen LogP contribution in [0.5, 0.6) is 0 Å². The average molecular weight is 269 g/mol. The fraction of sp³-hybridized carbons (Fsp3) is 0.462. The Morgan fingerprint density at radius 2 is 2.13 bits per heavy atom. The minimum Gasteiger partial charge on any atom is -0.294 e. The van der Waals surface area contributed by atoms with Gasteiger partial charge in [-0.2, -0.15) is 0 Å². The lowest BCUT2D eigenvalue weighted by Gasteiger charge is -2.11. The molecule has 0 aromatic heterocycles. The molecule has 1 aromatic carbocycles. The van der Waals surface area contributed by atoms with Crippen molar-refractivity contribution in [2.75, 3.05) is 0 Å². The Balaban J connectivity index is 2.91. The van der Waals surface area contributed by atoms with E-state index in [1.54, 1.807) is 0 Å². The van der Waals surface area contributed by atoms with Gasteiger partial charge in [0.1, 0.15) is 0 Å². The summed E-state index contributed by atoms with van der Waals surface area (Å²) in [6, 6.07) is 5.83. The van der Waals surface area contributed by atoms with Crippen LogP contribution in [0, 0.1) is 12.8 Å². The third kappa shape index (κ3) is 3.16. The largest absolute Gasteiger partial charge is 0.294 e. The van der Waals surface area contributed by atoms with Gasteiger partial charge in [0, 0.05) is 16.0 Å². The van der Waals surface area contributed by atoms with Gasteiger partial charge in [0.2, 0.25) is 0 Å². The summed E-state index contributed by atoms with van der Waals surface area (Å²) in [4.78, 5) is 12.1. The Morgan fingerprint density at radius 3 is 2.67 bits per heavy atom. The van der Waals surface area contributed by atoms with Crippen molar-refractivity contribution >= 4 is 21.7 Å². The van der Waals surface area contributed by atoms with E-state index in [4.69, 9.17) is 0 Å². The van der Waals surface area contributed by atoms with Gasteiger partial charge in [-0.1, -0.05) is 42.3 Å². The Labute approximate surface area is 100 Å². The van der Waals surface area contributed by atoms with Gasteiger partial charge >= 0.3 is 0 Å². The van der Waals surface area contributed by atoms with E-state index in [0.29, 0.717) is 0 Å². The van der Waals surface area contributed by atoms with E-state index in [0.717, 1.165) is 28.4 Å². The number of carbonyl (C=O) groups excluding carboxylic acids is 1. The zero-order valence-electron chi connectivity index (χ0n) is 9.51. The number of carbonyl (C=O) groups is 1. The first kappa shape index (κ1) is 12.4. The third-order valence-corrected chi connectivity index (χ3v) is 3.12. The fourth-order valence-corrected chi connectivity index (χ4v) is 2.21. The lowest BCUT2D eigenvalue weighted by Crippen LogP contribution is -2.12. The number of ketones is 1. The number of Topliss-reactive ketones (excluding diaryl/α,β-unsaturated/α-hetero) is 1. The monoisotopic (exact) mass is 268 g/mol. The topological polar surface area (TPSA) is 17.1 Å². The fourth-order valence-electron chi connectivity index (χ4n) is 1.73. The molecular weight excluding hydrogens is 252 g/mol.